The third-order valence-electron chi connectivity index (χ3n) is 4.08. The van der Waals surface area contributed by atoms with Crippen LogP contribution in [0.2, 0.25) is 0 Å². The van der Waals surface area contributed by atoms with Gasteiger partial charge in [-0.05, 0) is 43.3 Å². The summed E-state index contributed by atoms with van der Waals surface area (Å²) in [6.45, 7) is 1.60. The summed E-state index contributed by atoms with van der Waals surface area (Å²) in [5.41, 5.74) is 0.932. The lowest BCUT2D eigenvalue weighted by molar-refractivity contribution is -0.0258. The van der Waals surface area contributed by atoms with Gasteiger partial charge in [0.15, 0.2) is 6.10 Å². The summed E-state index contributed by atoms with van der Waals surface area (Å²) in [4.78, 5) is 17.1. The van der Waals surface area contributed by atoms with Crippen LogP contribution in [0, 0.1) is 0 Å². The molecule has 10 heteroatoms. The fourth-order valence-corrected chi connectivity index (χ4v) is 3.36. The molecule has 0 aliphatic carbocycles. The summed E-state index contributed by atoms with van der Waals surface area (Å²) in [6.07, 6.45) is -0.782. The molecule has 0 aliphatic heterocycles. The van der Waals surface area contributed by atoms with Gasteiger partial charge < -0.3 is 9.15 Å². The van der Waals surface area contributed by atoms with Crippen molar-refractivity contribution in [3.8, 4) is 11.5 Å². The normalized spacial score (nSPS) is 12.7. The minimum absolute atomic E-state index is 0.0177. The maximum atomic E-state index is 12.4. The average molecular weight is 417 g/mol. The van der Waals surface area contributed by atoms with Gasteiger partial charge in [0, 0.05) is 12.6 Å². The standard InChI is InChI=1S/C19H19N3O6S/c1-13(17-20-21-18(28-17)14-7-5-4-6-8-14)27-19(23)15-9-11-16(12-10-15)29(24,25)22(2)26-3/h4-13H,1-3H3/t13-/m0/s1. The molecule has 0 aliphatic rings. The lowest BCUT2D eigenvalue weighted by Gasteiger charge is -2.14. The van der Waals surface area contributed by atoms with Crippen molar-refractivity contribution in [1.29, 1.82) is 0 Å². The zero-order chi connectivity index (χ0) is 21.0. The van der Waals surface area contributed by atoms with Crippen LogP contribution in [0.1, 0.15) is 29.3 Å². The third kappa shape index (κ3) is 4.50. The molecule has 3 rings (SSSR count). The molecule has 0 N–H and O–H groups in total. The van der Waals surface area contributed by atoms with Crippen molar-refractivity contribution in [1.82, 2.24) is 14.7 Å². The minimum atomic E-state index is -3.80. The highest BCUT2D eigenvalue weighted by Gasteiger charge is 2.23. The van der Waals surface area contributed by atoms with E-state index in [1.54, 1.807) is 6.92 Å². The van der Waals surface area contributed by atoms with Crippen molar-refractivity contribution < 1.29 is 27.2 Å². The van der Waals surface area contributed by atoms with Crippen molar-refractivity contribution in [2.45, 2.75) is 17.9 Å². The molecule has 0 fully saturated rings. The molecule has 0 saturated heterocycles. The summed E-state index contributed by atoms with van der Waals surface area (Å²) in [5.74, 6) is -0.181. The Morgan fingerprint density at radius 2 is 1.72 bits per heavy atom. The second-order valence-corrected chi connectivity index (χ2v) is 7.92. The maximum Gasteiger partial charge on any atom is 0.338 e. The maximum absolute atomic E-state index is 12.4. The van der Waals surface area contributed by atoms with E-state index in [1.165, 1.54) is 38.4 Å². The van der Waals surface area contributed by atoms with E-state index in [1.807, 2.05) is 30.3 Å². The van der Waals surface area contributed by atoms with Gasteiger partial charge >= 0.3 is 5.97 Å². The molecule has 3 aromatic rings. The van der Waals surface area contributed by atoms with Crippen LogP contribution in [0.3, 0.4) is 0 Å². The minimum Gasteiger partial charge on any atom is -0.449 e. The SMILES string of the molecule is CON(C)S(=O)(=O)c1ccc(C(=O)O[C@@H](C)c2nnc(-c3ccccc3)o2)cc1. The van der Waals surface area contributed by atoms with E-state index in [9.17, 15) is 13.2 Å². The molecule has 0 radical (unpaired) electrons. The number of benzene rings is 2. The number of carbonyl (C=O) groups excluding carboxylic acids is 1. The lowest BCUT2D eigenvalue weighted by Crippen LogP contribution is -2.25. The molecular formula is C19H19N3O6S. The molecule has 1 heterocycles. The summed E-state index contributed by atoms with van der Waals surface area (Å²) < 4.78 is 36.0. The Hall–Kier alpha value is -3.08. The van der Waals surface area contributed by atoms with Gasteiger partial charge in [-0.25, -0.2) is 13.2 Å². The number of sulfonamides is 1. The first-order valence-electron chi connectivity index (χ1n) is 8.56. The number of hydrogen-bond donors (Lipinski definition) is 0. The van der Waals surface area contributed by atoms with Gasteiger partial charge in [-0.1, -0.05) is 22.7 Å². The van der Waals surface area contributed by atoms with Crippen LogP contribution in [0.4, 0.5) is 0 Å². The Morgan fingerprint density at radius 3 is 2.34 bits per heavy atom. The van der Waals surface area contributed by atoms with E-state index in [0.29, 0.717) is 5.89 Å². The van der Waals surface area contributed by atoms with Crippen molar-refractivity contribution in [3.63, 3.8) is 0 Å². The van der Waals surface area contributed by atoms with Crippen molar-refractivity contribution in [2.24, 2.45) is 0 Å². The second-order valence-electron chi connectivity index (χ2n) is 5.98. The van der Waals surface area contributed by atoms with Gasteiger partial charge in [-0.15, -0.1) is 10.2 Å². The number of ether oxygens (including phenoxy) is 1. The van der Waals surface area contributed by atoms with Gasteiger partial charge in [0.2, 0.25) is 5.89 Å². The van der Waals surface area contributed by atoms with E-state index in [4.69, 9.17) is 14.0 Å². The van der Waals surface area contributed by atoms with Crippen molar-refractivity contribution in [2.75, 3.05) is 14.2 Å². The number of hydrogen-bond acceptors (Lipinski definition) is 8. The molecule has 0 saturated carbocycles. The Bertz CT molecular complexity index is 1080. The first-order valence-corrected chi connectivity index (χ1v) is 10.00. The number of nitrogens with zero attached hydrogens (tertiary/aromatic N) is 3. The Labute approximate surface area is 167 Å². The van der Waals surface area contributed by atoms with E-state index in [2.05, 4.69) is 10.2 Å². The lowest BCUT2D eigenvalue weighted by atomic mass is 10.2. The summed E-state index contributed by atoms with van der Waals surface area (Å²) >= 11 is 0. The summed E-state index contributed by atoms with van der Waals surface area (Å²) in [7, 11) is -1.28. The number of hydroxylamine groups is 1. The van der Waals surface area contributed by atoms with Crippen LogP contribution in [0.15, 0.2) is 63.9 Å². The van der Waals surface area contributed by atoms with Crippen molar-refractivity contribution in [3.05, 3.63) is 66.1 Å². The van der Waals surface area contributed by atoms with E-state index in [-0.39, 0.29) is 16.3 Å². The molecule has 0 amide bonds. The molecule has 1 atom stereocenters. The zero-order valence-corrected chi connectivity index (χ0v) is 16.8. The number of esters is 1. The fraction of sp³-hybridized carbons (Fsp3) is 0.211. The highest BCUT2D eigenvalue weighted by molar-refractivity contribution is 7.89. The highest BCUT2D eigenvalue weighted by atomic mass is 32.2. The predicted octanol–water partition coefficient (Wildman–Crippen LogP) is 2.84. The van der Waals surface area contributed by atoms with Crippen LogP contribution in [0.25, 0.3) is 11.5 Å². The number of carbonyl (C=O) groups is 1. The van der Waals surface area contributed by atoms with Crippen LogP contribution in [-0.4, -0.2) is 43.2 Å². The van der Waals surface area contributed by atoms with Gasteiger partial charge in [0.25, 0.3) is 15.9 Å². The monoisotopic (exact) mass is 417 g/mol. The summed E-state index contributed by atoms with van der Waals surface area (Å²) in [5, 5.41) is 7.88. The second kappa shape index (κ2) is 8.52. The topological polar surface area (TPSA) is 112 Å². The Morgan fingerprint density at radius 1 is 1.07 bits per heavy atom. The molecule has 0 bridgehead atoms. The molecular weight excluding hydrogens is 398 g/mol. The molecule has 2 aromatic carbocycles. The Balaban J connectivity index is 1.70. The molecule has 9 nitrogen and oxygen atoms in total. The third-order valence-corrected chi connectivity index (χ3v) is 5.77. The van der Waals surface area contributed by atoms with Gasteiger partial charge in [-0.3, -0.25) is 4.84 Å². The smallest absolute Gasteiger partial charge is 0.338 e. The first kappa shape index (κ1) is 20.6. The van der Waals surface area contributed by atoms with E-state index < -0.39 is 22.1 Å². The van der Waals surface area contributed by atoms with Crippen molar-refractivity contribution >= 4 is 16.0 Å². The van der Waals surface area contributed by atoms with Gasteiger partial charge in [0.1, 0.15) is 0 Å². The van der Waals surface area contributed by atoms with Crippen LogP contribution in [0.5, 0.6) is 0 Å². The molecule has 1 aromatic heterocycles. The van der Waals surface area contributed by atoms with Crippen LogP contribution >= 0.6 is 0 Å². The van der Waals surface area contributed by atoms with E-state index in [0.717, 1.165) is 10.0 Å². The Kier molecular flexibility index (Phi) is 6.06. The summed E-state index contributed by atoms with van der Waals surface area (Å²) in [6, 6.07) is 14.5. The van der Waals surface area contributed by atoms with Crippen LogP contribution < -0.4 is 0 Å². The molecule has 0 unspecified atom stereocenters. The largest absolute Gasteiger partial charge is 0.449 e. The zero-order valence-electron chi connectivity index (χ0n) is 16.0. The average Bonchev–Trinajstić information content (AvgIpc) is 3.24. The molecule has 29 heavy (non-hydrogen) atoms. The highest BCUT2D eigenvalue weighted by Crippen LogP contribution is 2.23. The van der Waals surface area contributed by atoms with E-state index >= 15 is 0 Å². The first-order chi connectivity index (χ1) is 13.8. The molecule has 0 spiro atoms. The number of aromatic nitrogens is 2. The van der Waals surface area contributed by atoms with Gasteiger partial charge in [0.05, 0.1) is 17.6 Å². The van der Waals surface area contributed by atoms with Crippen LogP contribution in [-0.2, 0) is 19.6 Å². The van der Waals surface area contributed by atoms with Gasteiger partial charge in [-0.2, -0.15) is 0 Å². The fourth-order valence-electron chi connectivity index (χ4n) is 2.38. The predicted molar refractivity (Wildman–Crippen MR) is 102 cm³/mol. The number of rotatable bonds is 7. The quantitative estimate of drug-likeness (QED) is 0.426. The molecule has 152 valence electrons.